The van der Waals surface area contributed by atoms with Gasteiger partial charge in [0.2, 0.25) is 5.82 Å². The molecule has 2 aromatic rings. The van der Waals surface area contributed by atoms with Gasteiger partial charge in [-0.15, -0.1) is 0 Å². The van der Waals surface area contributed by atoms with Crippen molar-refractivity contribution in [2.75, 3.05) is 6.61 Å². The van der Waals surface area contributed by atoms with Crippen molar-refractivity contribution in [1.29, 1.82) is 0 Å². The molecule has 2 rings (SSSR count). The topological polar surface area (TPSA) is 52.1 Å². The monoisotopic (exact) mass is 264 g/mol. The number of ether oxygens (including phenoxy) is 1. The highest BCUT2D eigenvalue weighted by atomic mass is 19.1. The van der Waals surface area contributed by atoms with Gasteiger partial charge in [0, 0.05) is 17.8 Å². The maximum absolute atomic E-state index is 13.6. The fourth-order valence-corrected chi connectivity index (χ4v) is 1.50. The number of hydrogen-bond donors (Lipinski definition) is 0. The van der Waals surface area contributed by atoms with Crippen LogP contribution in [0.2, 0.25) is 0 Å². The van der Waals surface area contributed by atoms with E-state index >= 15 is 0 Å². The number of hydrogen-bond acceptors (Lipinski definition) is 4. The Bertz CT molecular complexity index is 617. The predicted octanol–water partition coefficient (Wildman–Crippen LogP) is 2.60. The molecule has 0 aliphatic heterocycles. The first-order chi connectivity index (χ1) is 9.11. The SMILES string of the molecule is CCOC(=O)c1nccc(-c2ccc(F)cc2F)n1. The van der Waals surface area contributed by atoms with Gasteiger partial charge in [-0.3, -0.25) is 0 Å². The predicted molar refractivity (Wildman–Crippen MR) is 63.3 cm³/mol. The molecule has 0 spiro atoms. The minimum absolute atomic E-state index is 0.0920. The van der Waals surface area contributed by atoms with Crippen LogP contribution in [0.3, 0.4) is 0 Å². The first kappa shape index (κ1) is 13.1. The van der Waals surface area contributed by atoms with Crippen molar-refractivity contribution in [2.24, 2.45) is 0 Å². The van der Waals surface area contributed by atoms with Crippen molar-refractivity contribution in [2.45, 2.75) is 6.92 Å². The van der Waals surface area contributed by atoms with E-state index in [1.165, 1.54) is 18.3 Å². The molecular weight excluding hydrogens is 254 g/mol. The maximum Gasteiger partial charge on any atom is 0.376 e. The zero-order chi connectivity index (χ0) is 13.8. The van der Waals surface area contributed by atoms with Gasteiger partial charge in [0.25, 0.3) is 0 Å². The first-order valence-corrected chi connectivity index (χ1v) is 5.57. The van der Waals surface area contributed by atoms with Crippen LogP contribution in [0, 0.1) is 11.6 Å². The third kappa shape index (κ3) is 2.90. The van der Waals surface area contributed by atoms with Gasteiger partial charge in [-0.25, -0.2) is 23.5 Å². The molecule has 0 aliphatic rings. The highest BCUT2D eigenvalue weighted by Crippen LogP contribution is 2.21. The van der Waals surface area contributed by atoms with Crippen LogP contribution in [-0.2, 0) is 4.74 Å². The average Bonchev–Trinajstić information content (AvgIpc) is 2.39. The summed E-state index contributed by atoms with van der Waals surface area (Å²) < 4.78 is 31.2. The van der Waals surface area contributed by atoms with E-state index in [1.54, 1.807) is 6.92 Å². The second-order valence-electron chi connectivity index (χ2n) is 3.61. The standard InChI is InChI=1S/C13H10F2N2O2/c1-2-19-13(18)12-16-6-5-11(17-12)9-4-3-8(14)7-10(9)15/h3-7H,2H2,1H3. The Morgan fingerprint density at radius 2 is 2.11 bits per heavy atom. The van der Waals surface area contributed by atoms with Crippen LogP contribution in [0.25, 0.3) is 11.3 Å². The van der Waals surface area contributed by atoms with E-state index in [1.807, 2.05) is 0 Å². The zero-order valence-electron chi connectivity index (χ0n) is 10.1. The Hall–Kier alpha value is -2.37. The van der Waals surface area contributed by atoms with Crippen LogP contribution in [0.1, 0.15) is 17.5 Å². The molecule has 0 fully saturated rings. The van der Waals surface area contributed by atoms with Gasteiger partial charge in [0.15, 0.2) is 0 Å². The second-order valence-corrected chi connectivity index (χ2v) is 3.61. The largest absolute Gasteiger partial charge is 0.460 e. The Morgan fingerprint density at radius 1 is 1.32 bits per heavy atom. The molecule has 1 heterocycles. The quantitative estimate of drug-likeness (QED) is 0.799. The molecule has 0 N–H and O–H groups in total. The number of aromatic nitrogens is 2. The van der Waals surface area contributed by atoms with Crippen LogP contribution < -0.4 is 0 Å². The normalized spacial score (nSPS) is 10.3. The van der Waals surface area contributed by atoms with E-state index in [9.17, 15) is 13.6 Å². The molecule has 0 radical (unpaired) electrons. The Labute approximate surface area is 108 Å². The summed E-state index contributed by atoms with van der Waals surface area (Å²) in [6.07, 6.45) is 1.32. The van der Waals surface area contributed by atoms with Gasteiger partial charge in [-0.05, 0) is 25.1 Å². The van der Waals surface area contributed by atoms with E-state index in [-0.39, 0.29) is 23.7 Å². The Kier molecular flexibility index (Phi) is 3.79. The van der Waals surface area contributed by atoms with Gasteiger partial charge in [-0.2, -0.15) is 0 Å². The minimum Gasteiger partial charge on any atom is -0.460 e. The second kappa shape index (κ2) is 5.51. The van der Waals surface area contributed by atoms with Crippen molar-refractivity contribution in [3.63, 3.8) is 0 Å². The lowest BCUT2D eigenvalue weighted by Crippen LogP contribution is -2.10. The molecule has 0 unspecified atom stereocenters. The molecule has 0 aliphatic carbocycles. The number of halogens is 2. The molecule has 1 aromatic carbocycles. The summed E-state index contributed by atoms with van der Waals surface area (Å²) >= 11 is 0. The van der Waals surface area contributed by atoms with E-state index in [0.717, 1.165) is 12.1 Å². The number of esters is 1. The Morgan fingerprint density at radius 3 is 2.79 bits per heavy atom. The number of rotatable bonds is 3. The van der Waals surface area contributed by atoms with Crippen molar-refractivity contribution in [3.8, 4) is 11.3 Å². The van der Waals surface area contributed by atoms with Crippen LogP contribution in [0.15, 0.2) is 30.5 Å². The lowest BCUT2D eigenvalue weighted by atomic mass is 10.1. The molecule has 0 saturated carbocycles. The van der Waals surface area contributed by atoms with Crippen molar-refractivity contribution < 1.29 is 18.3 Å². The smallest absolute Gasteiger partial charge is 0.376 e. The fraction of sp³-hybridized carbons (Fsp3) is 0.154. The number of nitrogens with zero attached hydrogens (tertiary/aromatic N) is 2. The molecule has 1 aromatic heterocycles. The summed E-state index contributed by atoms with van der Waals surface area (Å²) in [6.45, 7) is 1.85. The van der Waals surface area contributed by atoms with Gasteiger partial charge in [0.1, 0.15) is 11.6 Å². The number of carbonyl (C=O) groups is 1. The lowest BCUT2D eigenvalue weighted by Gasteiger charge is -2.04. The summed E-state index contributed by atoms with van der Waals surface area (Å²) in [6, 6.07) is 4.55. The van der Waals surface area contributed by atoms with Gasteiger partial charge in [0.05, 0.1) is 12.3 Å². The summed E-state index contributed by atoms with van der Waals surface area (Å²) in [5, 5.41) is 0. The number of carbonyl (C=O) groups excluding carboxylic acids is 1. The minimum atomic E-state index is -0.756. The molecule has 0 saturated heterocycles. The van der Waals surface area contributed by atoms with Crippen LogP contribution in [-0.4, -0.2) is 22.5 Å². The highest BCUT2D eigenvalue weighted by Gasteiger charge is 2.13. The van der Waals surface area contributed by atoms with Gasteiger partial charge >= 0.3 is 5.97 Å². The molecular formula is C13H10F2N2O2. The average molecular weight is 264 g/mol. The molecule has 0 bridgehead atoms. The molecule has 19 heavy (non-hydrogen) atoms. The maximum atomic E-state index is 13.6. The highest BCUT2D eigenvalue weighted by molar-refractivity contribution is 5.85. The zero-order valence-corrected chi connectivity index (χ0v) is 10.1. The summed E-state index contributed by atoms with van der Waals surface area (Å²) in [4.78, 5) is 19.1. The van der Waals surface area contributed by atoms with E-state index < -0.39 is 17.6 Å². The van der Waals surface area contributed by atoms with Crippen molar-refractivity contribution >= 4 is 5.97 Å². The lowest BCUT2D eigenvalue weighted by molar-refractivity contribution is 0.0512. The van der Waals surface area contributed by atoms with Gasteiger partial charge < -0.3 is 4.74 Å². The Balaban J connectivity index is 2.40. The fourth-order valence-electron chi connectivity index (χ4n) is 1.50. The molecule has 4 nitrogen and oxygen atoms in total. The number of benzene rings is 1. The van der Waals surface area contributed by atoms with Crippen LogP contribution >= 0.6 is 0 Å². The summed E-state index contributed by atoms with van der Waals surface area (Å²) in [5.74, 6) is -2.29. The molecule has 0 amide bonds. The molecule has 0 atom stereocenters. The third-order valence-corrected chi connectivity index (χ3v) is 2.32. The molecule has 6 heteroatoms. The van der Waals surface area contributed by atoms with E-state index in [4.69, 9.17) is 4.74 Å². The van der Waals surface area contributed by atoms with Crippen LogP contribution in [0.4, 0.5) is 8.78 Å². The first-order valence-electron chi connectivity index (χ1n) is 5.57. The summed E-state index contributed by atoms with van der Waals surface area (Å²) in [5.41, 5.74) is 0.282. The van der Waals surface area contributed by atoms with Crippen molar-refractivity contribution in [3.05, 3.63) is 47.9 Å². The van der Waals surface area contributed by atoms with E-state index in [2.05, 4.69) is 9.97 Å². The van der Waals surface area contributed by atoms with Crippen LogP contribution in [0.5, 0.6) is 0 Å². The van der Waals surface area contributed by atoms with Gasteiger partial charge in [-0.1, -0.05) is 0 Å². The van der Waals surface area contributed by atoms with E-state index in [0.29, 0.717) is 0 Å². The van der Waals surface area contributed by atoms with Crippen molar-refractivity contribution in [1.82, 2.24) is 9.97 Å². The third-order valence-electron chi connectivity index (χ3n) is 2.32. The molecule has 98 valence electrons. The summed E-state index contributed by atoms with van der Waals surface area (Å²) in [7, 11) is 0.